The molecule has 1 aromatic carbocycles. The summed E-state index contributed by atoms with van der Waals surface area (Å²) in [4.78, 5) is 0. The molecule has 82 valence electrons. The summed E-state index contributed by atoms with van der Waals surface area (Å²) >= 11 is 2.98. The predicted octanol–water partition coefficient (Wildman–Crippen LogP) is 2.34. The first kappa shape index (κ1) is 10.7. The summed E-state index contributed by atoms with van der Waals surface area (Å²) in [5.41, 5.74) is 5.77. The first-order valence-corrected chi connectivity index (χ1v) is 5.44. The van der Waals surface area contributed by atoms with Crippen molar-refractivity contribution < 1.29 is 14.6 Å². The summed E-state index contributed by atoms with van der Waals surface area (Å²) in [5.74, 6) is -2.05. The van der Waals surface area contributed by atoms with Crippen LogP contribution < -0.4 is 5.73 Å². The van der Waals surface area contributed by atoms with E-state index in [0.717, 1.165) is 19.3 Å². The van der Waals surface area contributed by atoms with Gasteiger partial charge in [0.05, 0.1) is 4.47 Å². The molecule has 0 heterocycles. The molecule has 0 aromatic heterocycles. The van der Waals surface area contributed by atoms with Crippen LogP contribution in [0, 0.1) is 5.82 Å². The van der Waals surface area contributed by atoms with Crippen LogP contribution in [0.15, 0.2) is 10.5 Å². The van der Waals surface area contributed by atoms with E-state index in [2.05, 4.69) is 15.9 Å². The molecule has 0 bridgehead atoms. The van der Waals surface area contributed by atoms with Crippen molar-refractivity contribution in [3.05, 3.63) is 21.9 Å². The number of hydrogen-bond acceptors (Lipinski definition) is 3. The molecule has 0 atom stereocenters. The molecule has 0 aliphatic heterocycles. The first-order chi connectivity index (χ1) is 6.96. The molecule has 0 amide bonds. The Balaban J connectivity index is 2.58. The van der Waals surface area contributed by atoms with E-state index in [1.807, 2.05) is 0 Å². The van der Waals surface area contributed by atoms with Crippen LogP contribution in [0.1, 0.15) is 24.8 Å². The van der Waals surface area contributed by atoms with Crippen LogP contribution in [0.25, 0.3) is 0 Å². The van der Waals surface area contributed by atoms with Gasteiger partial charge in [0, 0.05) is 11.1 Å². The smallest absolute Gasteiger partial charge is 0.195 e. The minimum Gasteiger partial charge on any atom is -0.504 e. The quantitative estimate of drug-likeness (QED) is 0.690. The van der Waals surface area contributed by atoms with Gasteiger partial charge in [-0.3, -0.25) is 0 Å². The molecule has 0 saturated heterocycles. The topological polar surface area (TPSA) is 66.5 Å². The van der Waals surface area contributed by atoms with Gasteiger partial charge in [-0.25, -0.2) is 4.39 Å². The zero-order valence-corrected chi connectivity index (χ0v) is 9.51. The predicted molar refractivity (Wildman–Crippen MR) is 57.1 cm³/mol. The van der Waals surface area contributed by atoms with E-state index in [1.54, 1.807) is 0 Å². The van der Waals surface area contributed by atoms with E-state index in [9.17, 15) is 14.6 Å². The standard InChI is InChI=1S/C10H11BrFNO2/c11-6-4-5(10(13)2-1-3-10)8(14)9(15)7(6)12/h4,14-15H,1-3,13H2. The fourth-order valence-corrected chi connectivity index (χ4v) is 2.23. The minimum atomic E-state index is -0.862. The van der Waals surface area contributed by atoms with E-state index >= 15 is 0 Å². The van der Waals surface area contributed by atoms with Gasteiger partial charge in [0.25, 0.3) is 0 Å². The largest absolute Gasteiger partial charge is 0.504 e. The monoisotopic (exact) mass is 275 g/mol. The van der Waals surface area contributed by atoms with Gasteiger partial charge in [-0.15, -0.1) is 0 Å². The fraction of sp³-hybridized carbons (Fsp3) is 0.400. The van der Waals surface area contributed by atoms with E-state index < -0.39 is 22.9 Å². The van der Waals surface area contributed by atoms with E-state index in [0.29, 0.717) is 5.56 Å². The molecule has 0 radical (unpaired) electrons. The van der Waals surface area contributed by atoms with Crippen LogP contribution in [0.5, 0.6) is 11.5 Å². The molecule has 1 aromatic rings. The molecule has 15 heavy (non-hydrogen) atoms. The molecule has 2 rings (SSSR count). The SMILES string of the molecule is NC1(c2cc(Br)c(F)c(O)c2O)CCC1. The van der Waals surface area contributed by atoms with Gasteiger partial charge < -0.3 is 15.9 Å². The number of halogens is 2. The summed E-state index contributed by atoms with van der Waals surface area (Å²) in [7, 11) is 0. The summed E-state index contributed by atoms with van der Waals surface area (Å²) < 4.78 is 13.3. The van der Waals surface area contributed by atoms with Crippen molar-refractivity contribution in [2.45, 2.75) is 24.8 Å². The molecule has 0 spiro atoms. The van der Waals surface area contributed by atoms with Crippen LogP contribution in [-0.4, -0.2) is 10.2 Å². The second kappa shape index (κ2) is 3.35. The molecule has 1 saturated carbocycles. The Kier molecular flexibility index (Phi) is 2.39. The lowest BCUT2D eigenvalue weighted by Crippen LogP contribution is -2.43. The number of aromatic hydroxyl groups is 2. The number of nitrogens with two attached hydrogens (primary N) is 1. The Morgan fingerprint density at radius 3 is 2.40 bits per heavy atom. The van der Waals surface area contributed by atoms with Gasteiger partial charge in [0.15, 0.2) is 17.3 Å². The Labute approximate surface area is 94.8 Å². The van der Waals surface area contributed by atoms with Crippen molar-refractivity contribution in [2.75, 3.05) is 0 Å². The summed E-state index contributed by atoms with van der Waals surface area (Å²) in [5, 5.41) is 19.0. The van der Waals surface area contributed by atoms with Gasteiger partial charge in [-0.2, -0.15) is 0 Å². The van der Waals surface area contributed by atoms with Crippen molar-refractivity contribution in [1.29, 1.82) is 0 Å². The highest BCUT2D eigenvalue weighted by Crippen LogP contribution is 2.47. The number of benzene rings is 1. The third kappa shape index (κ3) is 1.50. The fourth-order valence-electron chi connectivity index (χ4n) is 1.81. The average molecular weight is 276 g/mol. The second-order valence-electron chi connectivity index (χ2n) is 3.93. The molecule has 3 nitrogen and oxygen atoms in total. The number of hydrogen-bond donors (Lipinski definition) is 3. The highest BCUT2D eigenvalue weighted by molar-refractivity contribution is 9.10. The third-order valence-corrected chi connectivity index (χ3v) is 3.53. The van der Waals surface area contributed by atoms with E-state index in [1.165, 1.54) is 6.07 Å². The van der Waals surface area contributed by atoms with Crippen molar-refractivity contribution in [3.8, 4) is 11.5 Å². The van der Waals surface area contributed by atoms with Gasteiger partial charge in [0.2, 0.25) is 0 Å². The maximum atomic E-state index is 13.2. The van der Waals surface area contributed by atoms with Crippen molar-refractivity contribution in [2.24, 2.45) is 5.73 Å². The van der Waals surface area contributed by atoms with Crippen LogP contribution in [0.3, 0.4) is 0 Å². The van der Waals surface area contributed by atoms with E-state index in [-0.39, 0.29) is 4.47 Å². The Morgan fingerprint density at radius 2 is 1.93 bits per heavy atom. The molecule has 1 aliphatic rings. The molecular formula is C10H11BrFNO2. The lowest BCUT2D eigenvalue weighted by atomic mass is 9.72. The molecule has 0 unspecified atom stereocenters. The van der Waals surface area contributed by atoms with Crippen LogP contribution in [0.4, 0.5) is 4.39 Å². The lowest BCUT2D eigenvalue weighted by molar-refractivity contribution is 0.241. The molecular weight excluding hydrogens is 265 g/mol. The highest BCUT2D eigenvalue weighted by atomic mass is 79.9. The van der Waals surface area contributed by atoms with Gasteiger partial charge in [-0.1, -0.05) is 0 Å². The summed E-state index contributed by atoms with van der Waals surface area (Å²) in [6, 6.07) is 1.43. The Bertz CT molecular complexity index is 418. The first-order valence-electron chi connectivity index (χ1n) is 4.65. The van der Waals surface area contributed by atoms with Crippen molar-refractivity contribution in [1.82, 2.24) is 0 Å². The van der Waals surface area contributed by atoms with Crippen LogP contribution >= 0.6 is 15.9 Å². The maximum Gasteiger partial charge on any atom is 0.195 e. The highest BCUT2D eigenvalue weighted by Gasteiger charge is 2.38. The third-order valence-electron chi connectivity index (χ3n) is 2.95. The zero-order chi connectivity index (χ0) is 11.2. The number of rotatable bonds is 1. The maximum absolute atomic E-state index is 13.2. The molecule has 4 N–H and O–H groups in total. The minimum absolute atomic E-state index is 0.115. The van der Waals surface area contributed by atoms with Crippen LogP contribution in [0.2, 0.25) is 0 Å². The number of phenolic OH excluding ortho intramolecular Hbond substituents is 2. The molecule has 1 aliphatic carbocycles. The summed E-state index contributed by atoms with van der Waals surface area (Å²) in [6.07, 6.45) is 2.45. The zero-order valence-electron chi connectivity index (χ0n) is 7.93. The number of phenols is 2. The van der Waals surface area contributed by atoms with Gasteiger partial charge >= 0.3 is 0 Å². The van der Waals surface area contributed by atoms with Gasteiger partial charge in [-0.05, 0) is 41.3 Å². The normalized spacial score (nSPS) is 18.6. The summed E-state index contributed by atoms with van der Waals surface area (Å²) in [6.45, 7) is 0. The lowest BCUT2D eigenvalue weighted by Gasteiger charge is -2.39. The van der Waals surface area contributed by atoms with Crippen molar-refractivity contribution >= 4 is 15.9 Å². The molecule has 5 heteroatoms. The molecule has 1 fully saturated rings. The Hall–Kier alpha value is -0.810. The van der Waals surface area contributed by atoms with E-state index in [4.69, 9.17) is 5.73 Å². The van der Waals surface area contributed by atoms with Gasteiger partial charge in [0.1, 0.15) is 0 Å². The van der Waals surface area contributed by atoms with Crippen LogP contribution in [-0.2, 0) is 5.54 Å². The Morgan fingerprint density at radius 1 is 1.33 bits per heavy atom. The van der Waals surface area contributed by atoms with Crippen molar-refractivity contribution in [3.63, 3.8) is 0 Å². The second-order valence-corrected chi connectivity index (χ2v) is 4.78. The average Bonchev–Trinajstić information content (AvgIpc) is 2.17.